The molecule has 0 saturated carbocycles. The number of aryl methyl sites for hydroxylation is 1. The lowest BCUT2D eigenvalue weighted by molar-refractivity contribution is -0.384. The van der Waals surface area contributed by atoms with Gasteiger partial charge in [0, 0.05) is 37.9 Å². The van der Waals surface area contributed by atoms with E-state index in [9.17, 15) is 28.1 Å². The average molecular weight is 422 g/mol. The molecule has 1 saturated heterocycles. The number of hydrogen-bond donors (Lipinski definition) is 1. The highest BCUT2D eigenvalue weighted by molar-refractivity contribution is 5.95. The Morgan fingerprint density at radius 1 is 1.13 bits per heavy atom. The number of nitrogens with zero attached hydrogens (tertiary/aromatic N) is 3. The summed E-state index contributed by atoms with van der Waals surface area (Å²) in [4.78, 5) is 26.7. The Balaban J connectivity index is 1.58. The second-order valence-corrected chi connectivity index (χ2v) is 7.09. The quantitative estimate of drug-likeness (QED) is 0.588. The number of carbonyl (C=O) groups excluding carboxylic acids is 1. The molecule has 0 spiro atoms. The summed E-state index contributed by atoms with van der Waals surface area (Å²) in [6.45, 7) is 3.63. The molecule has 1 heterocycles. The summed E-state index contributed by atoms with van der Waals surface area (Å²) >= 11 is 0. The molecule has 0 aromatic heterocycles. The SMILES string of the molecule is Cc1cccc([N+](=O)[O-])c1NC(=O)CN1CCN(c2cccc(C(F)(F)F)c2)CC1. The van der Waals surface area contributed by atoms with E-state index in [0.29, 0.717) is 37.4 Å². The van der Waals surface area contributed by atoms with Gasteiger partial charge < -0.3 is 10.2 Å². The molecule has 160 valence electrons. The third-order valence-electron chi connectivity index (χ3n) is 4.99. The van der Waals surface area contributed by atoms with Crippen LogP contribution in [0.15, 0.2) is 42.5 Å². The predicted octanol–water partition coefficient (Wildman–Crippen LogP) is 3.68. The number of nitro benzene ring substituents is 1. The first-order chi connectivity index (χ1) is 14.1. The monoisotopic (exact) mass is 422 g/mol. The fraction of sp³-hybridized carbons (Fsp3) is 0.350. The van der Waals surface area contributed by atoms with Crippen molar-refractivity contribution in [1.82, 2.24) is 4.90 Å². The maximum absolute atomic E-state index is 12.9. The Bertz CT molecular complexity index is 941. The molecule has 10 heteroatoms. The van der Waals surface area contributed by atoms with Crippen molar-refractivity contribution in [1.29, 1.82) is 0 Å². The van der Waals surface area contributed by atoms with Crippen LogP contribution in [0.2, 0.25) is 0 Å². The van der Waals surface area contributed by atoms with Crippen LogP contribution in [0.1, 0.15) is 11.1 Å². The minimum Gasteiger partial charge on any atom is -0.369 e. The molecule has 3 rings (SSSR count). The molecular weight excluding hydrogens is 401 g/mol. The Hall–Kier alpha value is -3.14. The number of alkyl halides is 3. The Labute approximate surface area is 171 Å². The average Bonchev–Trinajstić information content (AvgIpc) is 2.69. The van der Waals surface area contributed by atoms with Crippen LogP contribution in [0.4, 0.5) is 30.2 Å². The summed E-state index contributed by atoms with van der Waals surface area (Å²) in [5, 5.41) is 13.8. The van der Waals surface area contributed by atoms with Gasteiger partial charge in [-0.3, -0.25) is 19.8 Å². The molecule has 1 N–H and O–H groups in total. The van der Waals surface area contributed by atoms with E-state index in [2.05, 4.69) is 5.32 Å². The maximum Gasteiger partial charge on any atom is 0.416 e. The van der Waals surface area contributed by atoms with E-state index in [4.69, 9.17) is 0 Å². The molecule has 1 aliphatic rings. The van der Waals surface area contributed by atoms with Gasteiger partial charge in [-0.1, -0.05) is 18.2 Å². The summed E-state index contributed by atoms with van der Waals surface area (Å²) < 4.78 is 38.7. The number of piperazine rings is 1. The van der Waals surface area contributed by atoms with Crippen molar-refractivity contribution >= 4 is 23.0 Å². The summed E-state index contributed by atoms with van der Waals surface area (Å²) in [6.07, 6.45) is -4.39. The number of nitrogens with one attached hydrogen (secondary N) is 1. The largest absolute Gasteiger partial charge is 0.416 e. The predicted molar refractivity (Wildman–Crippen MR) is 107 cm³/mol. The van der Waals surface area contributed by atoms with Crippen molar-refractivity contribution in [3.05, 3.63) is 63.7 Å². The molecule has 0 atom stereocenters. The van der Waals surface area contributed by atoms with Crippen LogP contribution in [0.3, 0.4) is 0 Å². The summed E-state index contributed by atoms with van der Waals surface area (Å²) in [7, 11) is 0. The minimum absolute atomic E-state index is 0.0436. The first kappa shape index (κ1) is 21.6. The molecular formula is C20H21F3N4O3. The molecule has 1 aliphatic heterocycles. The van der Waals surface area contributed by atoms with E-state index in [0.717, 1.165) is 12.1 Å². The molecule has 2 aromatic carbocycles. The normalized spacial score (nSPS) is 15.1. The van der Waals surface area contributed by atoms with Gasteiger partial charge in [0.1, 0.15) is 5.69 Å². The zero-order valence-electron chi connectivity index (χ0n) is 16.3. The molecule has 7 nitrogen and oxygen atoms in total. The third kappa shape index (κ3) is 5.07. The minimum atomic E-state index is -4.39. The van der Waals surface area contributed by atoms with E-state index in [1.165, 1.54) is 12.1 Å². The van der Waals surface area contributed by atoms with E-state index in [1.807, 2.05) is 9.80 Å². The Morgan fingerprint density at radius 3 is 2.43 bits per heavy atom. The van der Waals surface area contributed by atoms with Crippen molar-refractivity contribution in [3.8, 4) is 0 Å². The number of para-hydroxylation sites is 1. The van der Waals surface area contributed by atoms with Crippen molar-refractivity contribution in [2.75, 3.05) is 42.9 Å². The lowest BCUT2D eigenvalue weighted by Gasteiger charge is -2.36. The number of amides is 1. The van der Waals surface area contributed by atoms with Crippen LogP contribution in [0, 0.1) is 17.0 Å². The second-order valence-electron chi connectivity index (χ2n) is 7.09. The van der Waals surface area contributed by atoms with Gasteiger partial charge in [0.05, 0.1) is 17.0 Å². The van der Waals surface area contributed by atoms with Crippen LogP contribution in [0.5, 0.6) is 0 Å². The van der Waals surface area contributed by atoms with Gasteiger partial charge in [-0.25, -0.2) is 0 Å². The van der Waals surface area contributed by atoms with E-state index in [-0.39, 0.29) is 23.8 Å². The van der Waals surface area contributed by atoms with Crippen LogP contribution in [0.25, 0.3) is 0 Å². The lowest BCUT2D eigenvalue weighted by atomic mass is 10.1. The maximum atomic E-state index is 12.9. The molecule has 2 aromatic rings. The summed E-state index contributed by atoms with van der Waals surface area (Å²) in [5.41, 5.74) is 0.394. The first-order valence-electron chi connectivity index (χ1n) is 9.33. The summed E-state index contributed by atoms with van der Waals surface area (Å²) in [6, 6.07) is 9.74. The van der Waals surface area contributed by atoms with E-state index >= 15 is 0 Å². The van der Waals surface area contributed by atoms with Gasteiger partial charge in [-0.2, -0.15) is 13.2 Å². The number of hydrogen-bond acceptors (Lipinski definition) is 5. The second kappa shape index (κ2) is 8.70. The number of carbonyl (C=O) groups is 1. The zero-order chi connectivity index (χ0) is 21.9. The molecule has 1 amide bonds. The molecule has 0 bridgehead atoms. The van der Waals surface area contributed by atoms with Gasteiger partial charge in [-0.05, 0) is 30.7 Å². The first-order valence-corrected chi connectivity index (χ1v) is 9.33. The topological polar surface area (TPSA) is 78.7 Å². The number of rotatable bonds is 5. The van der Waals surface area contributed by atoms with E-state index in [1.54, 1.807) is 25.1 Å². The number of nitro groups is 1. The lowest BCUT2D eigenvalue weighted by Crippen LogP contribution is -2.48. The number of anilines is 2. The number of halogens is 3. The summed E-state index contributed by atoms with van der Waals surface area (Å²) in [5.74, 6) is -0.375. The Morgan fingerprint density at radius 2 is 1.80 bits per heavy atom. The van der Waals surface area contributed by atoms with Gasteiger partial charge in [0.15, 0.2) is 0 Å². The van der Waals surface area contributed by atoms with E-state index < -0.39 is 16.7 Å². The Kier molecular flexibility index (Phi) is 6.25. The van der Waals surface area contributed by atoms with Gasteiger partial charge in [-0.15, -0.1) is 0 Å². The van der Waals surface area contributed by atoms with Crippen molar-refractivity contribution in [2.24, 2.45) is 0 Å². The highest BCUT2D eigenvalue weighted by atomic mass is 19.4. The molecule has 0 unspecified atom stereocenters. The molecule has 30 heavy (non-hydrogen) atoms. The van der Waals surface area contributed by atoms with Gasteiger partial charge in [0.25, 0.3) is 5.69 Å². The van der Waals surface area contributed by atoms with Crippen LogP contribution in [-0.4, -0.2) is 48.5 Å². The fourth-order valence-corrected chi connectivity index (χ4v) is 3.39. The van der Waals surface area contributed by atoms with Crippen LogP contribution < -0.4 is 10.2 Å². The van der Waals surface area contributed by atoms with Crippen molar-refractivity contribution in [3.63, 3.8) is 0 Å². The highest BCUT2D eigenvalue weighted by Crippen LogP contribution is 2.32. The molecule has 0 radical (unpaired) electrons. The van der Waals surface area contributed by atoms with Gasteiger partial charge in [0.2, 0.25) is 5.91 Å². The highest BCUT2D eigenvalue weighted by Gasteiger charge is 2.31. The van der Waals surface area contributed by atoms with Crippen molar-refractivity contribution < 1.29 is 22.9 Å². The zero-order valence-corrected chi connectivity index (χ0v) is 16.3. The van der Waals surface area contributed by atoms with Crippen LogP contribution >= 0.6 is 0 Å². The van der Waals surface area contributed by atoms with Gasteiger partial charge >= 0.3 is 6.18 Å². The molecule has 1 fully saturated rings. The smallest absolute Gasteiger partial charge is 0.369 e. The molecule has 0 aliphatic carbocycles. The van der Waals surface area contributed by atoms with Crippen LogP contribution in [-0.2, 0) is 11.0 Å². The number of benzene rings is 2. The fourth-order valence-electron chi connectivity index (χ4n) is 3.39. The van der Waals surface area contributed by atoms with Crippen molar-refractivity contribution in [2.45, 2.75) is 13.1 Å². The standard InChI is InChI=1S/C20H21F3N4O3/c1-14-4-2-7-17(27(29)30)19(14)24-18(28)13-25-8-10-26(11-9-25)16-6-3-5-15(12-16)20(21,22)23/h2-7,12H,8-11,13H2,1H3,(H,24,28). The third-order valence-corrected chi connectivity index (χ3v) is 4.99.